The van der Waals surface area contributed by atoms with Gasteiger partial charge in [-0.1, -0.05) is 0 Å². The van der Waals surface area contributed by atoms with Gasteiger partial charge in [0, 0.05) is 18.0 Å². The molecule has 1 saturated carbocycles. The molecule has 0 unspecified atom stereocenters. The van der Waals surface area contributed by atoms with Gasteiger partial charge in [0.05, 0.1) is 6.54 Å². The maximum absolute atomic E-state index is 11.2. The molecule has 0 bridgehead atoms. The number of carboxylic acids is 1. The lowest BCUT2D eigenvalue weighted by Crippen LogP contribution is -2.10. The highest BCUT2D eigenvalue weighted by molar-refractivity contribution is 5.91. The smallest absolute Gasteiger partial charge is 0.339 e. The largest absolute Gasteiger partial charge is 0.478 e. The molecule has 15 heavy (non-hydrogen) atoms. The maximum Gasteiger partial charge on any atom is 0.339 e. The van der Waals surface area contributed by atoms with Crippen LogP contribution in [0.25, 0.3) is 0 Å². The van der Waals surface area contributed by atoms with Crippen molar-refractivity contribution in [3.8, 4) is 0 Å². The Bertz CT molecular complexity index is 431. The lowest BCUT2D eigenvalue weighted by Gasteiger charge is -2.06. The zero-order valence-electron chi connectivity index (χ0n) is 8.62. The van der Waals surface area contributed by atoms with Crippen molar-refractivity contribution in [2.45, 2.75) is 31.8 Å². The van der Waals surface area contributed by atoms with Gasteiger partial charge in [-0.3, -0.25) is 4.90 Å². The van der Waals surface area contributed by atoms with Crippen molar-refractivity contribution in [1.29, 1.82) is 0 Å². The van der Waals surface area contributed by atoms with E-state index in [2.05, 4.69) is 4.90 Å². The van der Waals surface area contributed by atoms with Crippen LogP contribution in [0.1, 0.15) is 46.2 Å². The molecular formula is C11H13NO3. The van der Waals surface area contributed by atoms with Gasteiger partial charge < -0.3 is 9.52 Å². The van der Waals surface area contributed by atoms with E-state index in [0.717, 1.165) is 36.5 Å². The molecule has 2 heterocycles. The van der Waals surface area contributed by atoms with Crippen molar-refractivity contribution >= 4 is 5.97 Å². The number of nitrogens with zero attached hydrogens (tertiary/aromatic N) is 1. The Morgan fingerprint density at radius 1 is 1.47 bits per heavy atom. The lowest BCUT2D eigenvalue weighted by molar-refractivity contribution is 0.0692. The lowest BCUT2D eigenvalue weighted by atomic mass is 10.1. The second kappa shape index (κ2) is 2.85. The Morgan fingerprint density at radius 3 is 2.80 bits per heavy atom. The van der Waals surface area contributed by atoms with E-state index >= 15 is 0 Å². The number of carboxylic acid groups (broad SMARTS) is 1. The van der Waals surface area contributed by atoms with Gasteiger partial charge in [0.2, 0.25) is 0 Å². The van der Waals surface area contributed by atoms with Crippen LogP contribution in [0.2, 0.25) is 0 Å². The summed E-state index contributed by atoms with van der Waals surface area (Å²) in [7, 11) is 1.97. The minimum Gasteiger partial charge on any atom is -0.478 e. The quantitative estimate of drug-likeness (QED) is 0.803. The molecule has 1 aliphatic carbocycles. The van der Waals surface area contributed by atoms with Gasteiger partial charge in [0.25, 0.3) is 0 Å². The van der Waals surface area contributed by atoms with E-state index in [-0.39, 0.29) is 0 Å². The molecule has 0 saturated heterocycles. The van der Waals surface area contributed by atoms with E-state index in [4.69, 9.17) is 4.42 Å². The van der Waals surface area contributed by atoms with E-state index in [1.807, 2.05) is 7.05 Å². The van der Waals surface area contributed by atoms with Gasteiger partial charge in [-0.25, -0.2) is 4.79 Å². The molecule has 1 fully saturated rings. The summed E-state index contributed by atoms with van der Waals surface area (Å²) in [5.41, 5.74) is 1.34. The Labute approximate surface area is 87.5 Å². The van der Waals surface area contributed by atoms with Crippen LogP contribution >= 0.6 is 0 Å². The van der Waals surface area contributed by atoms with Gasteiger partial charge in [-0.2, -0.15) is 0 Å². The van der Waals surface area contributed by atoms with Gasteiger partial charge >= 0.3 is 5.97 Å². The molecule has 0 amide bonds. The van der Waals surface area contributed by atoms with Gasteiger partial charge in [0.15, 0.2) is 0 Å². The van der Waals surface area contributed by atoms with Gasteiger partial charge in [-0.15, -0.1) is 0 Å². The number of aromatic carboxylic acids is 1. The summed E-state index contributed by atoms with van der Waals surface area (Å²) in [6.07, 6.45) is 2.14. The van der Waals surface area contributed by atoms with Gasteiger partial charge in [0.1, 0.15) is 17.1 Å². The highest BCUT2D eigenvalue weighted by atomic mass is 16.4. The topological polar surface area (TPSA) is 53.7 Å². The number of hydrogen-bond acceptors (Lipinski definition) is 3. The molecule has 0 aromatic carbocycles. The molecule has 1 aliphatic heterocycles. The summed E-state index contributed by atoms with van der Waals surface area (Å²) < 4.78 is 5.69. The Hall–Kier alpha value is -1.29. The summed E-state index contributed by atoms with van der Waals surface area (Å²) in [6.45, 7) is 1.44. The van der Waals surface area contributed by atoms with Crippen LogP contribution in [-0.2, 0) is 13.1 Å². The first-order chi connectivity index (χ1) is 7.16. The highest BCUT2D eigenvalue weighted by Gasteiger charge is 2.37. The standard InChI is InChI=1S/C11H13NO3/c1-12-4-7-8(5-12)15-10(6-2-3-6)9(7)11(13)14/h6H,2-5H2,1H3,(H,13,14). The minimum absolute atomic E-state index is 0.368. The zero-order valence-corrected chi connectivity index (χ0v) is 8.62. The molecule has 1 aromatic rings. The first kappa shape index (κ1) is 8.97. The molecule has 0 spiro atoms. The van der Waals surface area contributed by atoms with Crippen molar-refractivity contribution in [2.24, 2.45) is 0 Å². The predicted molar refractivity (Wildman–Crippen MR) is 52.8 cm³/mol. The number of carbonyl (C=O) groups is 1. The van der Waals surface area contributed by atoms with E-state index in [0.29, 0.717) is 18.0 Å². The van der Waals surface area contributed by atoms with Crippen LogP contribution in [0.15, 0.2) is 4.42 Å². The zero-order chi connectivity index (χ0) is 10.6. The fourth-order valence-corrected chi connectivity index (χ4v) is 2.27. The Kier molecular flexibility index (Phi) is 1.71. The fraction of sp³-hybridized carbons (Fsp3) is 0.545. The van der Waals surface area contributed by atoms with Crippen LogP contribution in [0.4, 0.5) is 0 Å². The predicted octanol–water partition coefficient (Wildman–Crippen LogP) is 1.80. The van der Waals surface area contributed by atoms with Crippen LogP contribution in [0.5, 0.6) is 0 Å². The fourth-order valence-electron chi connectivity index (χ4n) is 2.27. The Balaban J connectivity index is 2.11. The second-order valence-electron chi connectivity index (χ2n) is 4.49. The van der Waals surface area contributed by atoms with E-state index in [1.54, 1.807) is 0 Å². The first-order valence-electron chi connectivity index (χ1n) is 5.23. The van der Waals surface area contributed by atoms with E-state index in [9.17, 15) is 9.90 Å². The summed E-state index contributed by atoms with van der Waals surface area (Å²) in [5, 5.41) is 9.20. The van der Waals surface area contributed by atoms with Crippen LogP contribution < -0.4 is 0 Å². The third kappa shape index (κ3) is 1.28. The van der Waals surface area contributed by atoms with Gasteiger partial charge in [-0.05, 0) is 19.9 Å². The molecule has 3 rings (SSSR count). The molecule has 1 aromatic heterocycles. The minimum atomic E-state index is -0.836. The molecule has 2 aliphatic rings. The first-order valence-corrected chi connectivity index (χ1v) is 5.23. The monoisotopic (exact) mass is 207 g/mol. The molecule has 4 heteroatoms. The third-order valence-corrected chi connectivity index (χ3v) is 3.12. The van der Waals surface area contributed by atoms with Crippen molar-refractivity contribution in [2.75, 3.05) is 7.05 Å². The summed E-state index contributed by atoms with van der Waals surface area (Å²) in [5.74, 6) is 1.11. The average Bonchev–Trinajstić information content (AvgIpc) is 2.83. The normalized spacial score (nSPS) is 20.6. The summed E-state index contributed by atoms with van der Waals surface area (Å²) in [4.78, 5) is 13.3. The SMILES string of the molecule is CN1Cc2oc(C3CC3)c(C(=O)O)c2C1. The Morgan fingerprint density at radius 2 is 2.20 bits per heavy atom. The van der Waals surface area contributed by atoms with E-state index in [1.165, 1.54) is 0 Å². The van der Waals surface area contributed by atoms with Crippen molar-refractivity contribution < 1.29 is 14.3 Å². The van der Waals surface area contributed by atoms with E-state index < -0.39 is 5.97 Å². The second-order valence-corrected chi connectivity index (χ2v) is 4.49. The third-order valence-electron chi connectivity index (χ3n) is 3.12. The summed E-state index contributed by atoms with van der Waals surface area (Å²) in [6, 6.07) is 0. The van der Waals surface area contributed by atoms with Crippen LogP contribution in [0, 0.1) is 0 Å². The number of hydrogen-bond donors (Lipinski definition) is 1. The maximum atomic E-state index is 11.2. The number of rotatable bonds is 2. The highest BCUT2D eigenvalue weighted by Crippen LogP contribution is 2.45. The molecular weight excluding hydrogens is 194 g/mol. The van der Waals surface area contributed by atoms with Crippen molar-refractivity contribution in [3.63, 3.8) is 0 Å². The van der Waals surface area contributed by atoms with Crippen molar-refractivity contribution in [1.82, 2.24) is 4.90 Å². The summed E-state index contributed by atoms with van der Waals surface area (Å²) >= 11 is 0. The molecule has 0 atom stereocenters. The van der Waals surface area contributed by atoms with Crippen LogP contribution in [0.3, 0.4) is 0 Å². The molecule has 0 radical (unpaired) electrons. The molecule has 80 valence electrons. The molecule has 4 nitrogen and oxygen atoms in total. The number of fused-ring (bicyclic) bond motifs is 1. The van der Waals surface area contributed by atoms with Crippen molar-refractivity contribution in [3.05, 3.63) is 22.6 Å². The average molecular weight is 207 g/mol. The molecule has 1 N–H and O–H groups in total. The van der Waals surface area contributed by atoms with Crippen LogP contribution in [-0.4, -0.2) is 23.0 Å². The number of furan rings is 1.